The average molecular weight is 182 g/mol. The maximum atomic E-state index is 11.0. The fourth-order valence-corrected chi connectivity index (χ4v) is 1.21. The van der Waals surface area contributed by atoms with Crippen LogP contribution in [-0.4, -0.2) is 17.6 Å². The molecule has 1 rings (SSSR count). The van der Waals surface area contributed by atoms with Crippen molar-refractivity contribution in [2.75, 3.05) is 6.61 Å². The quantitative estimate of drug-likeness (QED) is 0.518. The number of nitrogens with zero attached hydrogens (tertiary/aromatic N) is 2. The van der Waals surface area contributed by atoms with Gasteiger partial charge in [0.25, 0.3) is 0 Å². The van der Waals surface area contributed by atoms with E-state index in [0.717, 1.165) is 11.3 Å². The lowest BCUT2D eigenvalue weighted by atomic mass is 10.6. The van der Waals surface area contributed by atoms with Gasteiger partial charge in [-0.1, -0.05) is 6.57 Å². The molecule has 62 valence electrons. The molecular weight excluding hydrogens is 176 g/mol. The van der Waals surface area contributed by atoms with Gasteiger partial charge in [-0.05, 0) is 6.92 Å². The number of rotatable bonds is 2. The number of carbonyl (C=O) groups is 1. The summed E-state index contributed by atoms with van der Waals surface area (Å²) < 4.78 is 4.71. The summed E-state index contributed by atoms with van der Waals surface area (Å²) in [5.41, 5.74) is 0. The van der Waals surface area contributed by atoms with Crippen molar-refractivity contribution in [3.05, 3.63) is 22.5 Å². The second-order valence-corrected chi connectivity index (χ2v) is 2.85. The van der Waals surface area contributed by atoms with Crippen molar-refractivity contribution in [2.24, 2.45) is 0 Å². The predicted molar refractivity (Wildman–Crippen MR) is 44.3 cm³/mol. The van der Waals surface area contributed by atoms with Crippen LogP contribution in [0.3, 0.4) is 0 Å². The highest BCUT2D eigenvalue weighted by Crippen LogP contribution is 2.21. The first-order valence-corrected chi connectivity index (χ1v) is 4.10. The number of hydrogen-bond donors (Lipinski definition) is 0. The standard InChI is InChI=1S/C7H6N2O2S/c1-3-11-6(10)5-4-9-7(8-2)12-5/h4H,3H2,1H3. The molecule has 0 saturated heterocycles. The number of esters is 1. The van der Waals surface area contributed by atoms with Crippen LogP contribution < -0.4 is 0 Å². The zero-order valence-corrected chi connectivity index (χ0v) is 7.22. The van der Waals surface area contributed by atoms with E-state index in [4.69, 9.17) is 11.3 Å². The third-order valence-corrected chi connectivity index (χ3v) is 1.94. The Bertz CT molecular complexity index is 326. The van der Waals surface area contributed by atoms with Crippen molar-refractivity contribution >= 4 is 22.4 Å². The van der Waals surface area contributed by atoms with Gasteiger partial charge in [-0.3, -0.25) is 0 Å². The molecule has 0 N–H and O–H groups in total. The van der Waals surface area contributed by atoms with Crippen LogP contribution in [0.15, 0.2) is 6.20 Å². The first-order valence-electron chi connectivity index (χ1n) is 3.28. The van der Waals surface area contributed by atoms with Gasteiger partial charge in [0.1, 0.15) is 11.1 Å². The third-order valence-electron chi connectivity index (χ3n) is 1.07. The zero-order valence-electron chi connectivity index (χ0n) is 6.40. The molecule has 1 heterocycles. The summed E-state index contributed by atoms with van der Waals surface area (Å²) in [6.07, 6.45) is 1.36. The first-order chi connectivity index (χ1) is 5.77. The molecule has 0 fully saturated rings. The normalized spacial score (nSPS) is 9.00. The zero-order chi connectivity index (χ0) is 8.97. The molecule has 0 aliphatic carbocycles. The molecule has 0 aliphatic rings. The largest absolute Gasteiger partial charge is 0.462 e. The van der Waals surface area contributed by atoms with Gasteiger partial charge in [0.05, 0.1) is 6.61 Å². The molecule has 0 radical (unpaired) electrons. The summed E-state index contributed by atoms with van der Waals surface area (Å²) in [5.74, 6) is -0.412. The molecule has 12 heavy (non-hydrogen) atoms. The van der Waals surface area contributed by atoms with Crippen LogP contribution >= 0.6 is 11.3 Å². The molecule has 0 amide bonds. The minimum atomic E-state index is -0.412. The molecule has 0 unspecified atom stereocenters. The monoisotopic (exact) mass is 182 g/mol. The van der Waals surface area contributed by atoms with E-state index < -0.39 is 5.97 Å². The second kappa shape index (κ2) is 3.83. The van der Waals surface area contributed by atoms with Crippen LogP contribution in [0.5, 0.6) is 0 Å². The Labute approximate surface area is 73.6 Å². The van der Waals surface area contributed by atoms with E-state index in [1.54, 1.807) is 6.92 Å². The maximum Gasteiger partial charge on any atom is 0.350 e. The number of carbonyl (C=O) groups excluding carboxylic acids is 1. The SMILES string of the molecule is [C-]#[N+]c1ncc(C(=O)OCC)s1. The van der Waals surface area contributed by atoms with E-state index in [1.807, 2.05) is 0 Å². The van der Waals surface area contributed by atoms with Gasteiger partial charge >= 0.3 is 11.1 Å². The summed E-state index contributed by atoms with van der Waals surface area (Å²) in [4.78, 5) is 18.2. The maximum absolute atomic E-state index is 11.0. The Morgan fingerprint density at radius 1 is 1.92 bits per heavy atom. The highest BCUT2D eigenvalue weighted by molar-refractivity contribution is 7.17. The molecular formula is C7H6N2O2S. The number of thiazole rings is 1. The van der Waals surface area contributed by atoms with Gasteiger partial charge in [0.2, 0.25) is 0 Å². The topological polar surface area (TPSA) is 43.5 Å². The van der Waals surface area contributed by atoms with Crippen molar-refractivity contribution in [1.29, 1.82) is 0 Å². The molecule has 0 saturated carbocycles. The molecule has 5 heteroatoms. The van der Waals surface area contributed by atoms with Crippen molar-refractivity contribution in [1.82, 2.24) is 4.98 Å². The molecule has 0 atom stereocenters. The lowest BCUT2D eigenvalue weighted by molar-refractivity contribution is 0.0532. The number of hydrogen-bond acceptors (Lipinski definition) is 4. The fourth-order valence-electron chi connectivity index (χ4n) is 0.613. The summed E-state index contributed by atoms with van der Waals surface area (Å²) in [5, 5.41) is 0.262. The number of ether oxygens (including phenoxy) is 1. The Hall–Kier alpha value is -1.41. The van der Waals surface area contributed by atoms with Crippen LogP contribution in [0.2, 0.25) is 0 Å². The predicted octanol–water partition coefficient (Wildman–Crippen LogP) is 1.87. The highest BCUT2D eigenvalue weighted by atomic mass is 32.1. The van der Waals surface area contributed by atoms with Crippen molar-refractivity contribution in [3.8, 4) is 0 Å². The molecule has 0 bridgehead atoms. The Morgan fingerprint density at radius 2 is 2.67 bits per heavy atom. The van der Waals surface area contributed by atoms with Crippen LogP contribution in [0.1, 0.15) is 16.6 Å². The van der Waals surface area contributed by atoms with Crippen molar-refractivity contribution in [3.63, 3.8) is 0 Å². The number of aromatic nitrogens is 1. The second-order valence-electron chi connectivity index (χ2n) is 1.84. The smallest absolute Gasteiger partial charge is 0.350 e. The van der Waals surface area contributed by atoms with Gasteiger partial charge in [0, 0.05) is 0 Å². The molecule has 0 spiro atoms. The van der Waals surface area contributed by atoms with E-state index in [2.05, 4.69) is 9.83 Å². The van der Waals surface area contributed by atoms with E-state index in [9.17, 15) is 4.79 Å². The molecule has 0 aromatic carbocycles. The summed E-state index contributed by atoms with van der Waals surface area (Å²) in [7, 11) is 0. The van der Waals surface area contributed by atoms with Crippen LogP contribution in [0, 0.1) is 6.57 Å². The van der Waals surface area contributed by atoms with Gasteiger partial charge < -0.3 is 9.58 Å². The van der Waals surface area contributed by atoms with Gasteiger partial charge in [0.15, 0.2) is 0 Å². The first kappa shape index (κ1) is 8.68. The Morgan fingerprint density at radius 3 is 3.17 bits per heavy atom. The summed E-state index contributed by atoms with van der Waals surface area (Å²) >= 11 is 1.04. The van der Waals surface area contributed by atoms with Crippen molar-refractivity contribution in [2.45, 2.75) is 6.92 Å². The average Bonchev–Trinajstić information content (AvgIpc) is 2.52. The fraction of sp³-hybridized carbons (Fsp3) is 0.286. The van der Waals surface area contributed by atoms with E-state index in [-0.39, 0.29) is 5.13 Å². The molecule has 1 aromatic heterocycles. The third kappa shape index (κ3) is 1.80. The lowest BCUT2D eigenvalue weighted by Crippen LogP contribution is -2.01. The van der Waals surface area contributed by atoms with Gasteiger partial charge in [-0.25, -0.2) is 4.79 Å². The van der Waals surface area contributed by atoms with Crippen LogP contribution in [0.25, 0.3) is 4.85 Å². The van der Waals surface area contributed by atoms with Gasteiger partial charge in [-0.2, -0.15) is 0 Å². The minimum Gasteiger partial charge on any atom is -0.462 e. The summed E-state index contributed by atoms with van der Waals surface area (Å²) in [6.45, 7) is 8.69. The minimum absolute atomic E-state index is 0.262. The van der Waals surface area contributed by atoms with Crippen LogP contribution in [0.4, 0.5) is 5.13 Å². The van der Waals surface area contributed by atoms with E-state index >= 15 is 0 Å². The summed E-state index contributed by atoms with van der Waals surface area (Å²) in [6, 6.07) is 0. The molecule has 0 aliphatic heterocycles. The Balaban J connectivity index is 2.76. The molecule has 1 aromatic rings. The van der Waals surface area contributed by atoms with Gasteiger partial charge in [-0.15, -0.1) is 16.3 Å². The van der Waals surface area contributed by atoms with E-state index in [0.29, 0.717) is 11.5 Å². The lowest BCUT2D eigenvalue weighted by Gasteiger charge is -1.94. The highest BCUT2D eigenvalue weighted by Gasteiger charge is 2.11. The molecule has 4 nitrogen and oxygen atoms in total. The van der Waals surface area contributed by atoms with E-state index in [1.165, 1.54) is 6.20 Å². The van der Waals surface area contributed by atoms with Crippen molar-refractivity contribution < 1.29 is 9.53 Å². The van der Waals surface area contributed by atoms with Crippen LogP contribution in [-0.2, 0) is 4.74 Å². The Kier molecular flexibility index (Phi) is 2.77.